The Morgan fingerprint density at radius 2 is 1.72 bits per heavy atom. The minimum atomic E-state index is -0.703. The second-order valence-corrected chi connectivity index (χ2v) is 11.2. The lowest BCUT2D eigenvalue weighted by molar-refractivity contribution is -0.121. The van der Waals surface area contributed by atoms with Crippen LogP contribution in [0.25, 0.3) is 0 Å². The molecule has 0 radical (unpaired) electrons. The van der Waals surface area contributed by atoms with E-state index in [1.54, 1.807) is 29.3 Å². The zero-order valence-electron chi connectivity index (χ0n) is 21.8. The minimum Gasteiger partial charge on any atom is -0.494 e. The van der Waals surface area contributed by atoms with E-state index in [1.165, 1.54) is 4.90 Å². The van der Waals surface area contributed by atoms with Gasteiger partial charge in [0.25, 0.3) is 0 Å². The average Bonchev–Trinajstić information content (AvgIpc) is 3.50. The van der Waals surface area contributed by atoms with E-state index in [4.69, 9.17) is 26.8 Å². The van der Waals surface area contributed by atoms with Gasteiger partial charge in [0.2, 0.25) is 11.8 Å². The highest BCUT2D eigenvalue weighted by Gasteiger charge is 2.42. The first-order valence-electron chi connectivity index (χ1n) is 12.9. The molecule has 2 amide bonds. The van der Waals surface area contributed by atoms with Crippen molar-refractivity contribution in [3.05, 3.63) is 94.5 Å². The van der Waals surface area contributed by atoms with Crippen molar-refractivity contribution in [1.82, 2.24) is 5.01 Å². The number of hydrazone groups is 1. The Kier molecular flexibility index (Phi) is 8.04. The number of halogens is 1. The zero-order valence-corrected chi connectivity index (χ0v) is 23.3. The normalized spacial score (nSPS) is 19.0. The smallest absolute Gasteiger partial charge is 0.247 e. The number of aryl methyl sites for hydroxylation is 1. The molecule has 0 aliphatic carbocycles. The van der Waals surface area contributed by atoms with Gasteiger partial charge in [-0.3, -0.25) is 15.0 Å². The fraction of sp³-hybridized carbons (Fsp3) is 0.267. The molecule has 2 atom stereocenters. The molecular formula is C30H29ClN4O3S. The van der Waals surface area contributed by atoms with E-state index in [0.29, 0.717) is 29.5 Å². The van der Waals surface area contributed by atoms with Crippen LogP contribution in [0.3, 0.4) is 0 Å². The Hall–Kier alpha value is -3.62. The predicted molar refractivity (Wildman–Crippen MR) is 157 cm³/mol. The summed E-state index contributed by atoms with van der Waals surface area (Å²) in [6.45, 7) is 4.66. The van der Waals surface area contributed by atoms with Crippen LogP contribution in [-0.2, 0) is 9.59 Å². The van der Waals surface area contributed by atoms with Gasteiger partial charge in [0.15, 0.2) is 5.17 Å². The van der Waals surface area contributed by atoms with E-state index in [-0.39, 0.29) is 29.4 Å². The Morgan fingerprint density at radius 3 is 2.38 bits per heavy atom. The molecular weight excluding hydrogens is 532 g/mol. The summed E-state index contributed by atoms with van der Waals surface area (Å²) < 4.78 is 5.61. The summed E-state index contributed by atoms with van der Waals surface area (Å²) in [5, 5.41) is 15.5. The van der Waals surface area contributed by atoms with Crippen LogP contribution in [0, 0.1) is 12.3 Å². The molecule has 1 fully saturated rings. The number of imide groups is 1. The Balaban J connectivity index is 1.35. The quantitative estimate of drug-likeness (QED) is 0.200. The third-order valence-corrected chi connectivity index (χ3v) is 8.00. The topological polar surface area (TPSA) is 86.1 Å². The molecule has 0 unspecified atom stereocenters. The molecule has 3 aromatic rings. The first kappa shape index (κ1) is 27.0. The zero-order chi connectivity index (χ0) is 27.5. The Morgan fingerprint density at radius 1 is 1.03 bits per heavy atom. The van der Waals surface area contributed by atoms with Gasteiger partial charge >= 0.3 is 0 Å². The molecule has 5 rings (SSSR count). The van der Waals surface area contributed by atoms with Gasteiger partial charge in [-0.1, -0.05) is 72.2 Å². The maximum absolute atomic E-state index is 13.3. The monoisotopic (exact) mass is 560 g/mol. The number of carbonyl (C=O) groups is 2. The highest BCUT2D eigenvalue weighted by Crippen LogP contribution is 2.38. The maximum atomic E-state index is 13.3. The van der Waals surface area contributed by atoms with E-state index in [1.807, 2.05) is 62.4 Å². The molecule has 200 valence electrons. The minimum absolute atomic E-state index is 0.0218. The summed E-state index contributed by atoms with van der Waals surface area (Å²) in [5.41, 5.74) is 4.48. The summed E-state index contributed by atoms with van der Waals surface area (Å²) >= 11 is 7.19. The molecule has 2 aliphatic rings. The fourth-order valence-corrected chi connectivity index (χ4v) is 5.73. The molecule has 2 aliphatic heterocycles. The van der Waals surface area contributed by atoms with Gasteiger partial charge in [0, 0.05) is 17.9 Å². The lowest BCUT2D eigenvalue weighted by Gasteiger charge is -2.24. The van der Waals surface area contributed by atoms with Crippen LogP contribution in [0.2, 0.25) is 5.02 Å². The van der Waals surface area contributed by atoms with Crippen LogP contribution in [0.5, 0.6) is 5.75 Å². The molecule has 0 spiro atoms. The number of anilines is 1. The summed E-state index contributed by atoms with van der Waals surface area (Å²) in [7, 11) is 0. The number of amides is 2. The van der Waals surface area contributed by atoms with Crippen molar-refractivity contribution >= 4 is 51.7 Å². The number of thioether (sulfide) groups is 1. The number of benzene rings is 3. The fourth-order valence-electron chi connectivity index (χ4n) is 4.63. The number of nitrogens with one attached hydrogen (secondary N) is 1. The summed E-state index contributed by atoms with van der Waals surface area (Å²) in [6.07, 6.45) is 1.51. The van der Waals surface area contributed by atoms with Gasteiger partial charge in [-0.2, -0.15) is 5.10 Å². The van der Waals surface area contributed by atoms with Crippen molar-refractivity contribution in [3.63, 3.8) is 0 Å². The molecule has 1 saturated heterocycles. The number of hydrogen-bond acceptors (Lipinski definition) is 6. The lowest BCUT2D eigenvalue weighted by atomic mass is 9.98. The molecule has 2 heterocycles. The summed E-state index contributed by atoms with van der Waals surface area (Å²) in [5.74, 6) is 0.0749. The van der Waals surface area contributed by atoms with Crippen LogP contribution in [0.1, 0.15) is 48.9 Å². The van der Waals surface area contributed by atoms with Crippen LogP contribution in [-0.4, -0.2) is 39.6 Å². The molecule has 0 aromatic heterocycles. The van der Waals surface area contributed by atoms with Crippen molar-refractivity contribution < 1.29 is 14.3 Å². The molecule has 7 nitrogen and oxygen atoms in total. The van der Waals surface area contributed by atoms with E-state index in [2.05, 4.69) is 0 Å². The maximum Gasteiger partial charge on any atom is 0.247 e. The highest BCUT2D eigenvalue weighted by molar-refractivity contribution is 8.14. The van der Waals surface area contributed by atoms with Crippen molar-refractivity contribution in [2.45, 2.75) is 44.4 Å². The lowest BCUT2D eigenvalue weighted by Crippen LogP contribution is -2.32. The highest BCUT2D eigenvalue weighted by atomic mass is 35.5. The van der Waals surface area contributed by atoms with Gasteiger partial charge in [-0.05, 0) is 60.9 Å². The van der Waals surface area contributed by atoms with Crippen molar-refractivity contribution in [1.29, 1.82) is 5.41 Å². The molecule has 0 bridgehead atoms. The third-order valence-electron chi connectivity index (χ3n) is 6.68. The molecule has 1 N–H and O–H groups in total. The van der Waals surface area contributed by atoms with Crippen LogP contribution < -0.4 is 9.64 Å². The number of hydrogen-bond donors (Lipinski definition) is 1. The number of nitrogens with zero attached hydrogens (tertiary/aromatic N) is 3. The SMILES string of the molecule is CCCOc1ccc(N2C(=O)C[C@@H](SC(=N)N3N=C(c4ccc(C)cc4)C[C@@H]3c3ccc(Cl)cc3)C2=O)cc1. The van der Waals surface area contributed by atoms with Gasteiger partial charge in [-0.25, -0.2) is 9.91 Å². The number of carbonyl (C=O) groups excluding carboxylic acids is 2. The van der Waals surface area contributed by atoms with E-state index >= 15 is 0 Å². The van der Waals surface area contributed by atoms with Gasteiger partial charge in [-0.15, -0.1) is 0 Å². The molecule has 3 aromatic carbocycles. The number of ether oxygens (including phenoxy) is 1. The number of rotatable bonds is 7. The summed E-state index contributed by atoms with van der Waals surface area (Å²) in [6, 6.07) is 22.4. The standard InChI is InChI=1S/C30H29ClN4O3S/c1-3-16-38-24-14-12-23(13-15-24)34-28(36)18-27(29(34)37)39-30(32)35-26(21-8-10-22(31)11-9-21)17-25(33-35)20-6-4-19(2)5-7-20/h4-15,26-27,32H,3,16-18H2,1-2H3/t26-,27-/m1/s1. The second kappa shape index (κ2) is 11.6. The van der Waals surface area contributed by atoms with Crippen molar-refractivity contribution in [3.8, 4) is 5.75 Å². The first-order valence-corrected chi connectivity index (χ1v) is 14.1. The second-order valence-electron chi connectivity index (χ2n) is 9.55. The first-order chi connectivity index (χ1) is 18.8. The average molecular weight is 561 g/mol. The molecule has 39 heavy (non-hydrogen) atoms. The molecule has 9 heteroatoms. The van der Waals surface area contributed by atoms with Crippen LogP contribution >= 0.6 is 23.4 Å². The summed E-state index contributed by atoms with van der Waals surface area (Å²) in [4.78, 5) is 27.4. The van der Waals surface area contributed by atoms with Gasteiger partial charge < -0.3 is 4.74 Å². The Bertz CT molecular complexity index is 1410. The largest absolute Gasteiger partial charge is 0.494 e. The van der Waals surface area contributed by atoms with Gasteiger partial charge in [0.1, 0.15) is 11.0 Å². The van der Waals surface area contributed by atoms with E-state index < -0.39 is 5.25 Å². The van der Waals surface area contributed by atoms with E-state index in [9.17, 15) is 9.59 Å². The Labute approximate surface area is 237 Å². The van der Waals surface area contributed by atoms with E-state index in [0.717, 1.165) is 40.6 Å². The van der Waals surface area contributed by atoms with Crippen LogP contribution in [0.4, 0.5) is 5.69 Å². The van der Waals surface area contributed by atoms with Crippen molar-refractivity contribution in [2.24, 2.45) is 5.10 Å². The van der Waals surface area contributed by atoms with Crippen LogP contribution in [0.15, 0.2) is 77.9 Å². The predicted octanol–water partition coefficient (Wildman–Crippen LogP) is 6.59. The third kappa shape index (κ3) is 5.87. The van der Waals surface area contributed by atoms with Crippen molar-refractivity contribution in [2.75, 3.05) is 11.5 Å². The van der Waals surface area contributed by atoms with Gasteiger partial charge in [0.05, 0.1) is 24.0 Å². The molecule has 0 saturated carbocycles. The number of amidine groups is 1.